The van der Waals surface area contributed by atoms with Crippen molar-refractivity contribution in [3.63, 3.8) is 0 Å². The summed E-state index contributed by atoms with van der Waals surface area (Å²) >= 11 is 1.51. The van der Waals surface area contributed by atoms with Crippen LogP contribution in [0, 0.1) is 0 Å². The highest BCUT2D eigenvalue weighted by Gasteiger charge is 2.40. The van der Waals surface area contributed by atoms with E-state index in [1.54, 1.807) is 9.58 Å². The van der Waals surface area contributed by atoms with Crippen molar-refractivity contribution in [2.24, 2.45) is 0 Å². The van der Waals surface area contributed by atoms with Crippen LogP contribution in [0.3, 0.4) is 0 Å². The quantitative estimate of drug-likeness (QED) is 0.691. The van der Waals surface area contributed by atoms with Gasteiger partial charge in [0.1, 0.15) is 0 Å². The fourth-order valence-electron chi connectivity index (χ4n) is 2.84. The van der Waals surface area contributed by atoms with Crippen molar-refractivity contribution < 1.29 is 9.48 Å². The summed E-state index contributed by atoms with van der Waals surface area (Å²) in [4.78, 5) is 29.2. The van der Waals surface area contributed by atoms with E-state index in [-0.39, 0.29) is 17.6 Å². The predicted molar refractivity (Wildman–Crippen MR) is 89.4 cm³/mol. The molecule has 0 spiro atoms. The Hall–Kier alpha value is -2.15. The van der Waals surface area contributed by atoms with Crippen LogP contribution in [0.15, 0.2) is 34.2 Å². The Morgan fingerprint density at radius 2 is 2.17 bits per heavy atom. The number of nitrogens with zero attached hydrogens (tertiary/aromatic N) is 3. The number of fused-ring (bicyclic) bond motifs is 3. The average molecular weight is 331 g/mol. The lowest BCUT2D eigenvalue weighted by Gasteiger charge is -2.29. The first kappa shape index (κ1) is 15.7. The molecule has 1 unspecified atom stereocenters. The Labute approximate surface area is 138 Å². The number of rotatable bonds is 3. The van der Waals surface area contributed by atoms with E-state index in [2.05, 4.69) is 17.0 Å². The van der Waals surface area contributed by atoms with Crippen molar-refractivity contribution in [1.82, 2.24) is 10.1 Å². The smallest absolute Gasteiger partial charge is 0.291 e. The van der Waals surface area contributed by atoms with Gasteiger partial charge >= 0.3 is 11.3 Å². The number of amides is 1. The molecule has 7 heteroatoms. The van der Waals surface area contributed by atoms with Crippen LogP contribution in [0.25, 0.3) is 11.3 Å². The summed E-state index contributed by atoms with van der Waals surface area (Å²) in [6, 6.07) is 7.43. The molecular weight excluding hydrogens is 312 g/mol. The summed E-state index contributed by atoms with van der Waals surface area (Å²) in [7, 11) is 0. The van der Waals surface area contributed by atoms with Gasteiger partial charge in [-0.2, -0.15) is 0 Å². The SMILES string of the molecule is CCCSc1n[n+]2c(c(=O)[nH]1)-c1ccccc1N(C(C)=O)C2C. The second kappa shape index (κ2) is 6.16. The van der Waals surface area contributed by atoms with E-state index >= 15 is 0 Å². The summed E-state index contributed by atoms with van der Waals surface area (Å²) in [5.41, 5.74) is 1.78. The van der Waals surface area contributed by atoms with Gasteiger partial charge in [0.25, 0.3) is 6.17 Å². The molecule has 1 aliphatic heterocycles. The highest BCUT2D eigenvalue weighted by molar-refractivity contribution is 7.99. The van der Waals surface area contributed by atoms with E-state index in [1.165, 1.54) is 18.7 Å². The number of para-hydroxylation sites is 1. The fourth-order valence-corrected chi connectivity index (χ4v) is 3.55. The Morgan fingerprint density at radius 3 is 2.87 bits per heavy atom. The topological polar surface area (TPSA) is 69.9 Å². The zero-order valence-corrected chi connectivity index (χ0v) is 14.2. The van der Waals surface area contributed by atoms with Crippen LogP contribution in [0.1, 0.15) is 33.4 Å². The van der Waals surface area contributed by atoms with Crippen molar-refractivity contribution in [2.75, 3.05) is 10.7 Å². The van der Waals surface area contributed by atoms with E-state index in [1.807, 2.05) is 31.2 Å². The standard InChI is InChI=1S/C16H18N4O2S/c1-4-9-23-16-17-15(22)14-12-7-5-6-8-13(12)19(11(3)21)10(2)20(14)18-16/h5-8,10H,4,9H2,1-3H3/p+1. The first-order chi connectivity index (χ1) is 11.0. The number of aromatic nitrogens is 3. The largest absolute Gasteiger partial charge is 0.325 e. The molecule has 23 heavy (non-hydrogen) atoms. The van der Waals surface area contributed by atoms with Gasteiger partial charge < -0.3 is 0 Å². The number of H-pyrrole nitrogens is 1. The van der Waals surface area contributed by atoms with Crippen molar-refractivity contribution in [1.29, 1.82) is 0 Å². The molecule has 0 bridgehead atoms. The first-order valence-electron chi connectivity index (χ1n) is 7.62. The minimum atomic E-state index is -0.347. The van der Waals surface area contributed by atoms with Gasteiger partial charge in [-0.25, -0.2) is 0 Å². The molecule has 1 aromatic heterocycles. The lowest BCUT2D eigenvalue weighted by Crippen LogP contribution is -2.59. The van der Waals surface area contributed by atoms with Crippen molar-refractivity contribution in [3.05, 3.63) is 34.6 Å². The fraction of sp³-hybridized carbons (Fsp3) is 0.375. The molecule has 3 rings (SSSR count). The van der Waals surface area contributed by atoms with E-state index in [0.717, 1.165) is 23.4 Å². The average Bonchev–Trinajstić information content (AvgIpc) is 2.52. The van der Waals surface area contributed by atoms with Crippen molar-refractivity contribution in [3.8, 4) is 11.3 Å². The molecule has 1 atom stereocenters. The van der Waals surface area contributed by atoms with Gasteiger partial charge in [-0.15, -0.1) is 0 Å². The van der Waals surface area contributed by atoms with Crippen LogP contribution in [0.5, 0.6) is 0 Å². The second-order valence-corrected chi connectivity index (χ2v) is 6.52. The third-order valence-corrected chi connectivity index (χ3v) is 4.86. The van der Waals surface area contributed by atoms with Crippen LogP contribution in [0.4, 0.5) is 5.69 Å². The highest BCUT2D eigenvalue weighted by Crippen LogP contribution is 2.34. The molecule has 0 radical (unpaired) electrons. The van der Waals surface area contributed by atoms with Crippen LogP contribution in [0.2, 0.25) is 0 Å². The van der Waals surface area contributed by atoms with Crippen LogP contribution in [-0.4, -0.2) is 21.7 Å². The second-order valence-electron chi connectivity index (χ2n) is 5.44. The Bertz CT molecular complexity index is 818. The summed E-state index contributed by atoms with van der Waals surface area (Å²) in [6.07, 6.45) is 0.648. The molecule has 1 aliphatic rings. The highest BCUT2D eigenvalue weighted by atomic mass is 32.2. The lowest BCUT2D eigenvalue weighted by molar-refractivity contribution is -0.768. The number of nitrogens with one attached hydrogen (secondary N) is 1. The van der Waals surface area contributed by atoms with Gasteiger partial charge in [0.05, 0.1) is 11.3 Å². The maximum atomic E-state index is 12.6. The molecule has 1 N–H and O–H groups in total. The molecule has 2 aromatic rings. The van der Waals surface area contributed by atoms with Gasteiger partial charge in [-0.05, 0) is 18.6 Å². The number of hydrogen-bond donors (Lipinski definition) is 1. The first-order valence-corrected chi connectivity index (χ1v) is 8.61. The minimum absolute atomic E-state index is 0.0760. The maximum Gasteiger partial charge on any atom is 0.325 e. The zero-order chi connectivity index (χ0) is 16.6. The Balaban J connectivity index is 2.23. The summed E-state index contributed by atoms with van der Waals surface area (Å²) in [5.74, 6) is 0.803. The molecule has 1 aromatic carbocycles. The van der Waals surface area contributed by atoms with Crippen LogP contribution >= 0.6 is 11.8 Å². The van der Waals surface area contributed by atoms with Crippen LogP contribution in [-0.2, 0) is 4.79 Å². The number of carbonyl (C=O) groups excluding carboxylic acids is 1. The molecular formula is C16H19N4O2S+. The summed E-state index contributed by atoms with van der Waals surface area (Å²) in [5, 5.41) is 5.13. The monoisotopic (exact) mass is 331 g/mol. The number of hydrogen-bond acceptors (Lipinski definition) is 4. The Morgan fingerprint density at radius 1 is 1.43 bits per heavy atom. The van der Waals surface area contributed by atoms with Gasteiger partial charge in [0.2, 0.25) is 11.1 Å². The summed E-state index contributed by atoms with van der Waals surface area (Å²) in [6.45, 7) is 5.48. The van der Waals surface area contributed by atoms with Gasteiger partial charge in [-0.1, -0.05) is 35.5 Å². The molecule has 0 aliphatic carbocycles. The van der Waals surface area contributed by atoms with Gasteiger partial charge in [0.15, 0.2) is 0 Å². The van der Waals surface area contributed by atoms with E-state index < -0.39 is 0 Å². The maximum absolute atomic E-state index is 12.6. The van der Waals surface area contributed by atoms with E-state index in [0.29, 0.717) is 10.9 Å². The lowest BCUT2D eigenvalue weighted by atomic mass is 10.1. The zero-order valence-electron chi connectivity index (χ0n) is 13.4. The van der Waals surface area contributed by atoms with E-state index in [9.17, 15) is 9.59 Å². The molecule has 0 fully saturated rings. The third kappa shape index (κ3) is 2.65. The van der Waals surface area contributed by atoms with Crippen molar-refractivity contribution >= 4 is 23.4 Å². The number of anilines is 1. The minimum Gasteiger partial charge on any atom is -0.291 e. The van der Waals surface area contributed by atoms with Crippen molar-refractivity contribution in [2.45, 2.75) is 38.5 Å². The molecule has 0 saturated carbocycles. The molecule has 2 heterocycles. The predicted octanol–water partition coefficient (Wildman–Crippen LogP) is 2.11. The third-order valence-electron chi connectivity index (χ3n) is 3.79. The van der Waals surface area contributed by atoms with Gasteiger partial charge in [0, 0.05) is 24.7 Å². The van der Waals surface area contributed by atoms with Crippen LogP contribution < -0.4 is 15.1 Å². The number of aromatic amines is 1. The van der Waals surface area contributed by atoms with Gasteiger partial charge in [-0.3, -0.25) is 19.5 Å². The Kier molecular flexibility index (Phi) is 4.21. The number of thioether (sulfide) groups is 1. The molecule has 6 nitrogen and oxygen atoms in total. The normalized spacial score (nSPS) is 16.0. The number of carbonyl (C=O) groups is 1. The summed E-state index contributed by atoms with van der Waals surface area (Å²) < 4.78 is 1.65. The molecule has 1 amide bonds. The van der Waals surface area contributed by atoms with E-state index in [4.69, 9.17) is 0 Å². The molecule has 120 valence electrons. The molecule has 0 saturated heterocycles. The number of benzene rings is 1.